The number of hydrogen-bond donors (Lipinski definition) is 1. The molecule has 2 rings (SSSR count). The largest absolute Gasteiger partial charge is 1.00 e. The number of rotatable bonds is 10. The lowest BCUT2D eigenvalue weighted by atomic mass is 9.88. The summed E-state index contributed by atoms with van der Waals surface area (Å²) in [5.41, 5.74) is 2.88. The monoisotopic (exact) mass is 331 g/mol. The molecule has 1 nitrogen and oxygen atoms in total. The van der Waals surface area contributed by atoms with Gasteiger partial charge in [0, 0.05) is 12.3 Å². The first-order chi connectivity index (χ1) is 10.9. The van der Waals surface area contributed by atoms with Crippen LogP contribution in [0, 0.1) is 0 Å². The maximum Gasteiger partial charge on any atom is 0.0764 e. The fraction of sp³-hybridized carbons (Fsp3) is 0.429. The lowest BCUT2D eigenvalue weighted by Gasteiger charge is -2.17. The number of nitrogens with two attached hydrogens (primary N) is 1. The lowest BCUT2D eigenvalue weighted by Crippen LogP contribution is -3.00. The summed E-state index contributed by atoms with van der Waals surface area (Å²) in [7, 11) is 0. The first kappa shape index (κ1) is 19.7. The third kappa shape index (κ3) is 7.20. The van der Waals surface area contributed by atoms with Crippen molar-refractivity contribution in [2.75, 3.05) is 13.1 Å². The third-order valence-electron chi connectivity index (χ3n) is 4.33. The second-order valence-electron chi connectivity index (χ2n) is 6.09. The van der Waals surface area contributed by atoms with Gasteiger partial charge < -0.3 is 17.7 Å². The number of hydrogen-bond acceptors (Lipinski definition) is 0. The average Bonchev–Trinajstić information content (AvgIpc) is 2.59. The van der Waals surface area contributed by atoms with E-state index in [-0.39, 0.29) is 12.4 Å². The van der Waals surface area contributed by atoms with Gasteiger partial charge in [-0.15, -0.1) is 0 Å². The second-order valence-corrected chi connectivity index (χ2v) is 6.09. The fourth-order valence-corrected chi connectivity index (χ4v) is 3.04. The van der Waals surface area contributed by atoms with E-state index in [9.17, 15) is 0 Å². The highest BCUT2D eigenvalue weighted by molar-refractivity contribution is 5.32. The molecule has 0 unspecified atom stereocenters. The molecule has 0 aliphatic rings. The van der Waals surface area contributed by atoms with Gasteiger partial charge in [-0.25, -0.2) is 0 Å². The van der Waals surface area contributed by atoms with Crippen molar-refractivity contribution >= 4 is 0 Å². The highest BCUT2D eigenvalue weighted by atomic mass is 35.5. The summed E-state index contributed by atoms with van der Waals surface area (Å²) in [4.78, 5) is 0. The number of benzene rings is 2. The molecule has 0 aliphatic carbocycles. The molecule has 2 aromatic rings. The van der Waals surface area contributed by atoms with Crippen LogP contribution in [0.4, 0.5) is 0 Å². The molecule has 2 aromatic carbocycles. The van der Waals surface area contributed by atoms with Gasteiger partial charge in [0.25, 0.3) is 0 Å². The van der Waals surface area contributed by atoms with Gasteiger partial charge in [0.2, 0.25) is 0 Å². The normalized spacial score (nSPS) is 10.5. The second kappa shape index (κ2) is 12.2. The quantitative estimate of drug-likeness (QED) is 0.633. The summed E-state index contributed by atoms with van der Waals surface area (Å²) >= 11 is 0. The van der Waals surface area contributed by atoms with Crippen LogP contribution in [0.3, 0.4) is 0 Å². The van der Waals surface area contributed by atoms with E-state index in [0.717, 1.165) is 0 Å². The van der Waals surface area contributed by atoms with Crippen LogP contribution in [0.2, 0.25) is 0 Å². The van der Waals surface area contributed by atoms with Gasteiger partial charge in [0.1, 0.15) is 0 Å². The minimum absolute atomic E-state index is 0. The van der Waals surface area contributed by atoms with Crippen molar-refractivity contribution < 1.29 is 17.7 Å². The van der Waals surface area contributed by atoms with Gasteiger partial charge in [-0.3, -0.25) is 0 Å². The standard InChI is InChI=1S/C21H29N.ClH/c1-2-3-4-11-17-22-18-16-21(19-12-7-5-8-13-19)20-14-9-6-10-15-20;/h5-10,12-15,21-22H,2-4,11,16-18H2,1H3;1H. The molecule has 0 aliphatic heterocycles. The van der Waals surface area contributed by atoms with Crippen molar-refractivity contribution in [3.8, 4) is 0 Å². The molecule has 0 aromatic heterocycles. The Hall–Kier alpha value is -1.31. The molecule has 23 heavy (non-hydrogen) atoms. The lowest BCUT2D eigenvalue weighted by molar-refractivity contribution is -0.655. The summed E-state index contributed by atoms with van der Waals surface area (Å²) < 4.78 is 0. The van der Waals surface area contributed by atoms with Gasteiger partial charge in [0.15, 0.2) is 0 Å². The molecule has 0 heterocycles. The Morgan fingerprint density at radius 3 is 1.83 bits per heavy atom. The van der Waals surface area contributed by atoms with Gasteiger partial charge in [-0.05, 0) is 24.0 Å². The molecule has 0 spiro atoms. The summed E-state index contributed by atoms with van der Waals surface area (Å²) in [6.45, 7) is 4.75. The molecule has 0 saturated heterocycles. The van der Waals surface area contributed by atoms with Crippen molar-refractivity contribution in [2.45, 2.75) is 44.9 Å². The fourth-order valence-electron chi connectivity index (χ4n) is 3.04. The van der Waals surface area contributed by atoms with Crippen LogP contribution in [0.25, 0.3) is 0 Å². The van der Waals surface area contributed by atoms with Crippen molar-refractivity contribution in [3.05, 3.63) is 71.8 Å². The molecule has 0 amide bonds. The minimum atomic E-state index is 0. The van der Waals surface area contributed by atoms with Crippen LogP contribution in [0.5, 0.6) is 0 Å². The van der Waals surface area contributed by atoms with E-state index in [2.05, 4.69) is 72.9 Å². The van der Waals surface area contributed by atoms with Crippen molar-refractivity contribution in [1.82, 2.24) is 0 Å². The molecule has 0 radical (unpaired) electrons. The topological polar surface area (TPSA) is 16.6 Å². The molecular formula is C21H30ClN. The van der Waals surface area contributed by atoms with Crippen LogP contribution in [0.1, 0.15) is 56.1 Å². The Morgan fingerprint density at radius 1 is 0.739 bits per heavy atom. The van der Waals surface area contributed by atoms with Gasteiger partial charge in [0.05, 0.1) is 13.1 Å². The number of unbranched alkanes of at least 4 members (excludes halogenated alkanes) is 3. The van der Waals surface area contributed by atoms with E-state index < -0.39 is 0 Å². The first-order valence-corrected chi connectivity index (χ1v) is 8.83. The third-order valence-corrected chi connectivity index (χ3v) is 4.33. The Labute approximate surface area is 147 Å². The van der Waals surface area contributed by atoms with Crippen LogP contribution < -0.4 is 17.7 Å². The Balaban J connectivity index is 0.00000264. The van der Waals surface area contributed by atoms with Gasteiger partial charge in [-0.1, -0.05) is 80.4 Å². The smallest absolute Gasteiger partial charge is 0.0764 e. The van der Waals surface area contributed by atoms with Crippen LogP contribution in [0.15, 0.2) is 60.7 Å². The summed E-state index contributed by atoms with van der Waals surface area (Å²) in [5.74, 6) is 0.522. The molecule has 126 valence electrons. The zero-order valence-electron chi connectivity index (χ0n) is 14.3. The highest BCUT2D eigenvalue weighted by Gasteiger charge is 2.14. The van der Waals surface area contributed by atoms with Crippen LogP contribution in [-0.4, -0.2) is 13.1 Å². The van der Waals surface area contributed by atoms with E-state index in [4.69, 9.17) is 0 Å². The SMILES string of the molecule is CCCCCC[NH2+]CCC(c1ccccc1)c1ccccc1.[Cl-]. The zero-order chi connectivity index (χ0) is 15.5. The maximum atomic E-state index is 2.49. The number of halogens is 1. The predicted octanol–water partition coefficient (Wildman–Crippen LogP) is 1.36. The molecule has 0 saturated carbocycles. The Kier molecular flexibility index (Phi) is 10.4. The van der Waals surface area contributed by atoms with Gasteiger partial charge >= 0.3 is 0 Å². The molecule has 0 fully saturated rings. The van der Waals surface area contributed by atoms with Gasteiger partial charge in [-0.2, -0.15) is 0 Å². The van der Waals surface area contributed by atoms with Crippen molar-refractivity contribution in [2.24, 2.45) is 0 Å². The van der Waals surface area contributed by atoms with Crippen molar-refractivity contribution in [1.29, 1.82) is 0 Å². The Morgan fingerprint density at radius 2 is 1.30 bits per heavy atom. The summed E-state index contributed by atoms with van der Waals surface area (Å²) in [5, 5.41) is 2.49. The predicted molar refractivity (Wildman–Crippen MR) is 95.1 cm³/mol. The molecule has 2 heteroatoms. The van der Waals surface area contributed by atoms with E-state index in [1.807, 2.05) is 0 Å². The van der Waals surface area contributed by atoms with E-state index >= 15 is 0 Å². The maximum absolute atomic E-state index is 2.49. The van der Waals surface area contributed by atoms with E-state index in [0.29, 0.717) is 5.92 Å². The van der Waals surface area contributed by atoms with Crippen LogP contribution >= 0.6 is 0 Å². The van der Waals surface area contributed by atoms with Crippen LogP contribution in [-0.2, 0) is 0 Å². The summed E-state index contributed by atoms with van der Waals surface area (Å²) in [6, 6.07) is 21.9. The molecular weight excluding hydrogens is 302 g/mol. The Bertz CT molecular complexity index is 458. The van der Waals surface area contributed by atoms with Crippen molar-refractivity contribution in [3.63, 3.8) is 0 Å². The zero-order valence-corrected chi connectivity index (χ0v) is 15.0. The molecule has 2 N–H and O–H groups in total. The number of quaternary nitrogens is 1. The highest BCUT2D eigenvalue weighted by Crippen LogP contribution is 2.26. The molecule has 0 atom stereocenters. The first-order valence-electron chi connectivity index (χ1n) is 8.83. The molecule has 0 bridgehead atoms. The minimum Gasteiger partial charge on any atom is -1.00 e. The van der Waals surface area contributed by atoms with E-state index in [1.54, 1.807) is 0 Å². The summed E-state index contributed by atoms with van der Waals surface area (Å²) in [6.07, 6.45) is 6.65. The van der Waals surface area contributed by atoms with E-state index in [1.165, 1.54) is 56.3 Å². The average molecular weight is 332 g/mol.